The highest BCUT2D eigenvalue weighted by atomic mass is 35.5. The van der Waals surface area contributed by atoms with Crippen LogP contribution in [0.3, 0.4) is 0 Å². The second-order valence-electron chi connectivity index (χ2n) is 4.63. The van der Waals surface area contributed by atoms with Gasteiger partial charge in [-0.1, -0.05) is 11.6 Å². The molecule has 0 aromatic heterocycles. The van der Waals surface area contributed by atoms with Gasteiger partial charge >= 0.3 is 12.1 Å². The first-order valence-electron chi connectivity index (χ1n) is 6.58. The Morgan fingerprint density at radius 2 is 1.96 bits per heavy atom. The van der Waals surface area contributed by atoms with Crippen LogP contribution in [0.25, 0.3) is 0 Å². The number of sulfonamides is 1. The number of benzene rings is 1. The van der Waals surface area contributed by atoms with Crippen LogP contribution in [0.15, 0.2) is 18.2 Å². The molecule has 130 valence electrons. The SMILES string of the molecule is CCS(=O)(=O)N(CCCC(=O)O)c1cc(C(F)(F)F)ccc1Cl. The number of anilines is 1. The predicted molar refractivity (Wildman–Crippen MR) is 80.1 cm³/mol. The zero-order valence-corrected chi connectivity index (χ0v) is 13.7. The van der Waals surface area contributed by atoms with Crippen LogP contribution in [0.2, 0.25) is 5.02 Å². The number of alkyl halides is 3. The number of nitrogens with zero attached hydrogens (tertiary/aromatic N) is 1. The Labute approximate surface area is 136 Å². The number of aliphatic carboxylic acids is 1. The lowest BCUT2D eigenvalue weighted by Crippen LogP contribution is -2.34. The van der Waals surface area contributed by atoms with E-state index >= 15 is 0 Å². The number of hydrogen-bond acceptors (Lipinski definition) is 3. The highest BCUT2D eigenvalue weighted by Gasteiger charge is 2.32. The Balaban J connectivity index is 3.28. The van der Waals surface area contributed by atoms with E-state index in [0.717, 1.165) is 16.4 Å². The van der Waals surface area contributed by atoms with Crippen molar-refractivity contribution in [3.8, 4) is 0 Å². The van der Waals surface area contributed by atoms with E-state index in [1.165, 1.54) is 6.92 Å². The summed E-state index contributed by atoms with van der Waals surface area (Å²) in [5.41, 5.74) is -1.35. The van der Waals surface area contributed by atoms with Crippen LogP contribution >= 0.6 is 11.6 Å². The smallest absolute Gasteiger partial charge is 0.416 e. The topological polar surface area (TPSA) is 74.7 Å². The zero-order chi connectivity index (χ0) is 17.8. The fourth-order valence-corrected chi connectivity index (χ4v) is 3.26. The maximum absolute atomic E-state index is 12.8. The van der Waals surface area contributed by atoms with Crippen molar-refractivity contribution in [3.63, 3.8) is 0 Å². The molecule has 0 radical (unpaired) electrons. The first-order chi connectivity index (χ1) is 10.5. The van der Waals surface area contributed by atoms with E-state index in [-0.39, 0.29) is 35.8 Å². The van der Waals surface area contributed by atoms with Crippen molar-refractivity contribution in [2.45, 2.75) is 25.9 Å². The van der Waals surface area contributed by atoms with Crippen molar-refractivity contribution in [2.24, 2.45) is 0 Å². The van der Waals surface area contributed by atoms with Gasteiger partial charge in [-0.25, -0.2) is 8.42 Å². The van der Waals surface area contributed by atoms with E-state index < -0.39 is 27.7 Å². The molecule has 5 nitrogen and oxygen atoms in total. The van der Waals surface area contributed by atoms with Crippen molar-refractivity contribution < 1.29 is 31.5 Å². The molecule has 0 atom stereocenters. The van der Waals surface area contributed by atoms with Crippen LogP contribution in [-0.4, -0.2) is 31.8 Å². The van der Waals surface area contributed by atoms with Gasteiger partial charge in [-0.2, -0.15) is 13.2 Å². The van der Waals surface area contributed by atoms with Crippen molar-refractivity contribution in [1.29, 1.82) is 0 Å². The highest BCUT2D eigenvalue weighted by Crippen LogP contribution is 2.36. The van der Waals surface area contributed by atoms with Crippen LogP contribution in [-0.2, 0) is 21.0 Å². The minimum Gasteiger partial charge on any atom is -0.481 e. The van der Waals surface area contributed by atoms with E-state index in [1.54, 1.807) is 0 Å². The van der Waals surface area contributed by atoms with E-state index in [2.05, 4.69) is 0 Å². The molecule has 0 aliphatic heterocycles. The van der Waals surface area contributed by atoms with Gasteiger partial charge in [-0.15, -0.1) is 0 Å². The van der Waals surface area contributed by atoms with Crippen LogP contribution in [0.4, 0.5) is 18.9 Å². The molecule has 1 rings (SSSR count). The first kappa shape index (κ1) is 19.6. The Bertz CT molecular complexity index is 676. The summed E-state index contributed by atoms with van der Waals surface area (Å²) in [6, 6.07) is 2.37. The number of carboxylic acid groups (broad SMARTS) is 1. The minimum atomic E-state index is -4.65. The fraction of sp³-hybridized carbons (Fsp3) is 0.462. The highest BCUT2D eigenvalue weighted by molar-refractivity contribution is 7.92. The first-order valence-corrected chi connectivity index (χ1v) is 8.56. The van der Waals surface area contributed by atoms with E-state index in [1.807, 2.05) is 0 Å². The average molecular weight is 374 g/mol. The van der Waals surface area contributed by atoms with E-state index in [4.69, 9.17) is 16.7 Å². The molecule has 1 aromatic carbocycles. The largest absolute Gasteiger partial charge is 0.481 e. The summed E-state index contributed by atoms with van der Waals surface area (Å²) in [4.78, 5) is 10.5. The Morgan fingerprint density at radius 3 is 2.43 bits per heavy atom. The standard InChI is InChI=1S/C13H15ClF3NO4S/c1-2-23(21,22)18(7-3-4-12(19)20)11-8-9(13(15,16)17)5-6-10(11)14/h5-6,8H,2-4,7H2,1H3,(H,19,20). The zero-order valence-electron chi connectivity index (χ0n) is 12.1. The molecule has 0 heterocycles. The van der Waals surface area contributed by atoms with Crippen molar-refractivity contribution in [1.82, 2.24) is 0 Å². The van der Waals surface area contributed by atoms with Crippen LogP contribution in [0.5, 0.6) is 0 Å². The van der Waals surface area contributed by atoms with Crippen LogP contribution in [0, 0.1) is 0 Å². The molecule has 0 saturated carbocycles. The predicted octanol–water partition coefficient (Wildman–Crippen LogP) is 3.38. The Morgan fingerprint density at radius 1 is 1.35 bits per heavy atom. The molecule has 0 spiro atoms. The van der Waals surface area contributed by atoms with E-state index in [9.17, 15) is 26.4 Å². The Hall–Kier alpha value is -1.48. The number of halogens is 4. The summed E-state index contributed by atoms with van der Waals surface area (Å²) < 4.78 is 63.4. The summed E-state index contributed by atoms with van der Waals surface area (Å²) in [6.07, 6.45) is -5.02. The summed E-state index contributed by atoms with van der Waals surface area (Å²) in [5, 5.41) is 8.46. The lowest BCUT2D eigenvalue weighted by molar-refractivity contribution is -0.138. The summed E-state index contributed by atoms with van der Waals surface area (Å²) in [6.45, 7) is 1.06. The van der Waals surface area contributed by atoms with Crippen molar-refractivity contribution in [3.05, 3.63) is 28.8 Å². The molecule has 1 N–H and O–H groups in total. The lowest BCUT2D eigenvalue weighted by atomic mass is 10.2. The van der Waals surface area contributed by atoms with Gasteiger partial charge in [-0.3, -0.25) is 9.10 Å². The second kappa shape index (κ2) is 7.39. The van der Waals surface area contributed by atoms with Crippen molar-refractivity contribution >= 4 is 33.3 Å². The van der Waals surface area contributed by atoms with Crippen molar-refractivity contribution in [2.75, 3.05) is 16.6 Å². The summed E-state index contributed by atoms with van der Waals surface area (Å²) in [7, 11) is -3.91. The average Bonchev–Trinajstić information content (AvgIpc) is 2.43. The normalized spacial score (nSPS) is 12.2. The molecule has 23 heavy (non-hydrogen) atoms. The third-order valence-electron chi connectivity index (χ3n) is 2.99. The third kappa shape index (κ3) is 5.28. The number of hydrogen-bond donors (Lipinski definition) is 1. The second-order valence-corrected chi connectivity index (χ2v) is 7.22. The van der Waals surface area contributed by atoms with Gasteiger partial charge in [0.1, 0.15) is 0 Å². The third-order valence-corrected chi connectivity index (χ3v) is 5.09. The van der Waals surface area contributed by atoms with Gasteiger partial charge in [0.05, 0.1) is 22.0 Å². The molecular formula is C13H15ClF3NO4S. The molecule has 0 aliphatic carbocycles. The Kier molecular flexibility index (Phi) is 6.29. The number of rotatable bonds is 7. The molecule has 0 bridgehead atoms. The molecule has 0 fully saturated rings. The fourth-order valence-electron chi connectivity index (χ4n) is 1.82. The van der Waals surface area contributed by atoms with Gasteiger partial charge in [-0.05, 0) is 31.5 Å². The van der Waals surface area contributed by atoms with E-state index in [0.29, 0.717) is 6.07 Å². The monoisotopic (exact) mass is 373 g/mol. The summed E-state index contributed by atoms with van der Waals surface area (Å²) >= 11 is 5.86. The molecule has 10 heteroatoms. The lowest BCUT2D eigenvalue weighted by Gasteiger charge is -2.25. The molecule has 0 unspecified atom stereocenters. The molecule has 0 aliphatic rings. The molecule has 0 saturated heterocycles. The number of carboxylic acids is 1. The molecule has 1 aromatic rings. The quantitative estimate of drug-likeness (QED) is 0.795. The minimum absolute atomic E-state index is 0.0544. The summed E-state index contributed by atoms with van der Waals surface area (Å²) in [5.74, 6) is -1.49. The van der Waals surface area contributed by atoms with Gasteiger partial charge < -0.3 is 5.11 Å². The maximum atomic E-state index is 12.8. The van der Waals surface area contributed by atoms with Crippen LogP contribution in [0.1, 0.15) is 25.3 Å². The maximum Gasteiger partial charge on any atom is 0.416 e. The van der Waals surface area contributed by atoms with Gasteiger partial charge in [0, 0.05) is 13.0 Å². The van der Waals surface area contributed by atoms with Gasteiger partial charge in [0.2, 0.25) is 10.0 Å². The number of carbonyl (C=O) groups is 1. The van der Waals surface area contributed by atoms with Crippen LogP contribution < -0.4 is 4.31 Å². The van der Waals surface area contributed by atoms with Gasteiger partial charge in [0.15, 0.2) is 0 Å². The molecule has 0 amide bonds. The molecular weight excluding hydrogens is 359 g/mol. The van der Waals surface area contributed by atoms with Gasteiger partial charge in [0.25, 0.3) is 0 Å².